The number of pyridine rings is 2. The minimum absolute atomic E-state index is 0.197. The van der Waals surface area contributed by atoms with Crippen LogP contribution in [0.2, 0.25) is 0 Å². The standard InChI is InChI=1S/C22H18N4O/c27-22(25-14-16-6-2-1-3-7-16)20-12-11-18(15-24-20)26-19-10-4-8-17-9-5-13-23-21(17)19/h1-13,15,26H,14H2,(H,25,27). The van der Waals surface area contributed by atoms with Crippen molar-refractivity contribution in [3.8, 4) is 0 Å². The maximum atomic E-state index is 12.3. The van der Waals surface area contributed by atoms with E-state index in [-0.39, 0.29) is 5.91 Å². The number of amides is 1. The maximum absolute atomic E-state index is 12.3. The summed E-state index contributed by atoms with van der Waals surface area (Å²) in [6.07, 6.45) is 3.42. The van der Waals surface area contributed by atoms with Gasteiger partial charge < -0.3 is 10.6 Å². The highest BCUT2D eigenvalue weighted by molar-refractivity contribution is 5.93. The Morgan fingerprint density at radius 3 is 2.52 bits per heavy atom. The van der Waals surface area contributed by atoms with Gasteiger partial charge in [0.2, 0.25) is 0 Å². The normalized spacial score (nSPS) is 10.5. The van der Waals surface area contributed by atoms with Gasteiger partial charge in [0.15, 0.2) is 0 Å². The van der Waals surface area contributed by atoms with E-state index in [1.807, 2.05) is 66.7 Å². The molecule has 4 aromatic rings. The zero-order valence-corrected chi connectivity index (χ0v) is 14.6. The molecule has 0 unspecified atom stereocenters. The van der Waals surface area contributed by atoms with Gasteiger partial charge >= 0.3 is 0 Å². The summed E-state index contributed by atoms with van der Waals surface area (Å²) in [7, 11) is 0. The van der Waals surface area contributed by atoms with Gasteiger partial charge in [0, 0.05) is 18.1 Å². The Morgan fingerprint density at radius 2 is 1.70 bits per heavy atom. The zero-order valence-electron chi connectivity index (χ0n) is 14.6. The van der Waals surface area contributed by atoms with Gasteiger partial charge in [-0.2, -0.15) is 0 Å². The number of anilines is 2. The lowest BCUT2D eigenvalue weighted by atomic mass is 10.2. The third kappa shape index (κ3) is 3.93. The molecule has 5 heteroatoms. The Labute approximate surface area is 157 Å². The van der Waals surface area contributed by atoms with Crippen LogP contribution in [0.25, 0.3) is 10.9 Å². The summed E-state index contributed by atoms with van der Waals surface area (Å²) in [5.74, 6) is -0.197. The number of nitrogens with one attached hydrogen (secondary N) is 2. The highest BCUT2D eigenvalue weighted by Crippen LogP contribution is 2.24. The largest absolute Gasteiger partial charge is 0.352 e. The fourth-order valence-electron chi connectivity index (χ4n) is 2.83. The summed E-state index contributed by atoms with van der Waals surface area (Å²) < 4.78 is 0. The lowest BCUT2D eigenvalue weighted by Crippen LogP contribution is -2.23. The van der Waals surface area contributed by atoms with E-state index in [0.717, 1.165) is 27.8 Å². The van der Waals surface area contributed by atoms with Crippen LogP contribution in [0.4, 0.5) is 11.4 Å². The van der Waals surface area contributed by atoms with Crippen molar-refractivity contribution >= 4 is 28.2 Å². The minimum atomic E-state index is -0.197. The number of nitrogens with zero attached hydrogens (tertiary/aromatic N) is 2. The van der Waals surface area contributed by atoms with Gasteiger partial charge in [0.1, 0.15) is 5.69 Å². The number of benzene rings is 2. The van der Waals surface area contributed by atoms with Gasteiger partial charge in [-0.25, -0.2) is 4.98 Å². The fourth-order valence-corrected chi connectivity index (χ4v) is 2.83. The number of fused-ring (bicyclic) bond motifs is 1. The number of hydrogen-bond donors (Lipinski definition) is 2. The number of aromatic nitrogens is 2. The van der Waals surface area contributed by atoms with Gasteiger partial charge in [-0.1, -0.05) is 48.5 Å². The van der Waals surface area contributed by atoms with Crippen LogP contribution in [0.15, 0.2) is 85.2 Å². The van der Waals surface area contributed by atoms with E-state index >= 15 is 0 Å². The van der Waals surface area contributed by atoms with E-state index in [2.05, 4.69) is 20.6 Å². The summed E-state index contributed by atoms with van der Waals surface area (Å²) in [6.45, 7) is 0.475. The van der Waals surface area contributed by atoms with E-state index in [0.29, 0.717) is 12.2 Å². The van der Waals surface area contributed by atoms with Crippen LogP contribution < -0.4 is 10.6 Å². The van der Waals surface area contributed by atoms with Crippen molar-refractivity contribution in [1.29, 1.82) is 0 Å². The molecular formula is C22H18N4O. The van der Waals surface area contributed by atoms with Crippen LogP contribution in [0.5, 0.6) is 0 Å². The Kier molecular flexibility index (Phi) is 4.74. The van der Waals surface area contributed by atoms with Gasteiger partial charge in [-0.3, -0.25) is 9.78 Å². The lowest BCUT2D eigenvalue weighted by Gasteiger charge is -2.09. The first-order valence-corrected chi connectivity index (χ1v) is 8.68. The Bertz CT molecular complexity index is 1060. The SMILES string of the molecule is O=C(NCc1ccccc1)c1ccc(Nc2cccc3cccnc23)cn1. The number of carbonyl (C=O) groups is 1. The molecule has 0 saturated carbocycles. The predicted octanol–water partition coefficient (Wildman–Crippen LogP) is 4.30. The van der Waals surface area contributed by atoms with Crippen molar-refractivity contribution in [2.45, 2.75) is 6.54 Å². The molecule has 0 spiro atoms. The molecule has 0 bridgehead atoms. The molecule has 4 rings (SSSR count). The predicted molar refractivity (Wildman–Crippen MR) is 107 cm³/mol. The highest BCUT2D eigenvalue weighted by Gasteiger charge is 2.08. The molecule has 27 heavy (non-hydrogen) atoms. The highest BCUT2D eigenvalue weighted by atomic mass is 16.1. The van der Waals surface area contributed by atoms with Crippen molar-refractivity contribution in [1.82, 2.24) is 15.3 Å². The number of para-hydroxylation sites is 1. The monoisotopic (exact) mass is 354 g/mol. The molecule has 0 radical (unpaired) electrons. The van der Waals surface area contributed by atoms with Crippen LogP contribution in [-0.2, 0) is 6.54 Å². The van der Waals surface area contributed by atoms with Gasteiger partial charge in [0.25, 0.3) is 5.91 Å². The molecular weight excluding hydrogens is 336 g/mol. The molecule has 0 fully saturated rings. The Balaban J connectivity index is 1.45. The van der Waals surface area contributed by atoms with Crippen LogP contribution in [0.3, 0.4) is 0 Å². The molecule has 0 aliphatic heterocycles. The quantitative estimate of drug-likeness (QED) is 0.561. The first-order chi connectivity index (χ1) is 13.3. The molecule has 2 heterocycles. The first-order valence-electron chi connectivity index (χ1n) is 8.68. The van der Waals surface area contributed by atoms with E-state index in [1.54, 1.807) is 18.5 Å². The van der Waals surface area contributed by atoms with Gasteiger partial charge in [0.05, 0.1) is 23.1 Å². The lowest BCUT2D eigenvalue weighted by molar-refractivity contribution is 0.0946. The minimum Gasteiger partial charge on any atom is -0.352 e. The van der Waals surface area contributed by atoms with Crippen molar-refractivity contribution in [2.24, 2.45) is 0 Å². The molecule has 0 aliphatic rings. The smallest absolute Gasteiger partial charge is 0.270 e. The van der Waals surface area contributed by atoms with Gasteiger partial charge in [-0.15, -0.1) is 0 Å². The number of carbonyl (C=O) groups excluding carboxylic acids is 1. The molecule has 132 valence electrons. The summed E-state index contributed by atoms with van der Waals surface area (Å²) >= 11 is 0. The van der Waals surface area contributed by atoms with Crippen LogP contribution >= 0.6 is 0 Å². The second-order valence-corrected chi connectivity index (χ2v) is 6.11. The topological polar surface area (TPSA) is 66.9 Å². The van der Waals surface area contributed by atoms with Crippen molar-refractivity contribution in [2.75, 3.05) is 5.32 Å². The first kappa shape index (κ1) is 16.7. The Morgan fingerprint density at radius 1 is 0.852 bits per heavy atom. The molecule has 5 nitrogen and oxygen atoms in total. The summed E-state index contributed by atoms with van der Waals surface area (Å²) in [5.41, 5.74) is 4.02. The molecule has 0 aliphatic carbocycles. The molecule has 2 aromatic heterocycles. The molecule has 0 saturated heterocycles. The second kappa shape index (κ2) is 7.66. The third-order valence-corrected chi connectivity index (χ3v) is 4.20. The summed E-state index contributed by atoms with van der Waals surface area (Å²) in [6, 6.07) is 23.2. The molecule has 2 aromatic carbocycles. The average Bonchev–Trinajstić information content (AvgIpc) is 2.74. The van der Waals surface area contributed by atoms with Gasteiger partial charge in [-0.05, 0) is 29.8 Å². The number of rotatable bonds is 5. The third-order valence-electron chi connectivity index (χ3n) is 4.20. The van der Waals surface area contributed by atoms with Crippen LogP contribution in [0, 0.1) is 0 Å². The maximum Gasteiger partial charge on any atom is 0.270 e. The van der Waals surface area contributed by atoms with Crippen molar-refractivity contribution in [3.05, 3.63) is 96.4 Å². The van der Waals surface area contributed by atoms with E-state index in [1.165, 1.54) is 0 Å². The van der Waals surface area contributed by atoms with E-state index in [9.17, 15) is 4.79 Å². The molecule has 0 atom stereocenters. The molecule has 1 amide bonds. The van der Waals surface area contributed by atoms with Crippen LogP contribution in [0.1, 0.15) is 16.1 Å². The van der Waals surface area contributed by atoms with E-state index in [4.69, 9.17) is 0 Å². The molecule has 2 N–H and O–H groups in total. The van der Waals surface area contributed by atoms with Crippen molar-refractivity contribution < 1.29 is 4.79 Å². The fraction of sp³-hybridized carbons (Fsp3) is 0.0455. The second-order valence-electron chi connectivity index (χ2n) is 6.11. The Hall–Kier alpha value is -3.73. The number of hydrogen-bond acceptors (Lipinski definition) is 4. The average molecular weight is 354 g/mol. The van der Waals surface area contributed by atoms with Crippen LogP contribution in [-0.4, -0.2) is 15.9 Å². The summed E-state index contributed by atoms with van der Waals surface area (Å²) in [5, 5.41) is 7.25. The summed E-state index contributed by atoms with van der Waals surface area (Å²) in [4.78, 5) is 21.0. The zero-order chi connectivity index (χ0) is 18.5. The van der Waals surface area contributed by atoms with E-state index < -0.39 is 0 Å². The van der Waals surface area contributed by atoms with Crippen molar-refractivity contribution in [3.63, 3.8) is 0 Å².